The molecule has 3 heteroatoms. The van der Waals surface area contributed by atoms with Crippen LogP contribution in [-0.4, -0.2) is 22.5 Å². The van der Waals surface area contributed by atoms with Gasteiger partial charge in [0.25, 0.3) is 0 Å². The van der Waals surface area contributed by atoms with Crippen molar-refractivity contribution in [1.82, 2.24) is 5.32 Å². The minimum absolute atomic E-state index is 0.601. The Balaban J connectivity index is 1.90. The SMILES string of the molecule is CCC1CC1N=C1NC(C)CC(C)S1. The molecular weight excluding hydrogens is 192 g/mol. The third kappa shape index (κ3) is 2.44. The van der Waals surface area contributed by atoms with E-state index in [1.54, 1.807) is 0 Å². The van der Waals surface area contributed by atoms with Crippen LogP contribution in [0.25, 0.3) is 0 Å². The van der Waals surface area contributed by atoms with Crippen molar-refractivity contribution >= 4 is 16.9 Å². The van der Waals surface area contributed by atoms with Crippen molar-refractivity contribution in [2.24, 2.45) is 10.9 Å². The van der Waals surface area contributed by atoms with Gasteiger partial charge in [-0.2, -0.15) is 0 Å². The van der Waals surface area contributed by atoms with Gasteiger partial charge in [-0.15, -0.1) is 0 Å². The van der Waals surface area contributed by atoms with Gasteiger partial charge in [0, 0.05) is 11.3 Å². The number of thioether (sulfide) groups is 1. The highest BCUT2D eigenvalue weighted by atomic mass is 32.2. The van der Waals surface area contributed by atoms with Crippen molar-refractivity contribution in [3.05, 3.63) is 0 Å². The van der Waals surface area contributed by atoms with Crippen LogP contribution in [-0.2, 0) is 0 Å². The third-order valence-electron chi connectivity index (χ3n) is 3.06. The van der Waals surface area contributed by atoms with Crippen molar-refractivity contribution in [1.29, 1.82) is 0 Å². The summed E-state index contributed by atoms with van der Waals surface area (Å²) in [6, 6.07) is 1.23. The Labute approximate surface area is 90.9 Å². The van der Waals surface area contributed by atoms with Gasteiger partial charge in [-0.3, -0.25) is 4.99 Å². The number of nitrogens with one attached hydrogen (secondary N) is 1. The van der Waals surface area contributed by atoms with E-state index < -0.39 is 0 Å². The van der Waals surface area contributed by atoms with Crippen LogP contribution in [0.1, 0.15) is 40.0 Å². The second kappa shape index (κ2) is 4.13. The first kappa shape index (κ1) is 10.3. The van der Waals surface area contributed by atoms with Crippen molar-refractivity contribution in [3.8, 4) is 0 Å². The predicted octanol–water partition coefficient (Wildman–Crippen LogP) is 2.64. The maximum Gasteiger partial charge on any atom is 0.157 e. The zero-order valence-electron chi connectivity index (χ0n) is 9.29. The summed E-state index contributed by atoms with van der Waals surface area (Å²) in [5.41, 5.74) is 0. The molecule has 0 spiro atoms. The summed E-state index contributed by atoms with van der Waals surface area (Å²) in [7, 11) is 0. The van der Waals surface area contributed by atoms with E-state index in [4.69, 9.17) is 4.99 Å². The maximum absolute atomic E-state index is 4.77. The molecule has 0 aromatic rings. The van der Waals surface area contributed by atoms with E-state index in [-0.39, 0.29) is 0 Å². The van der Waals surface area contributed by atoms with Crippen LogP contribution < -0.4 is 5.32 Å². The fourth-order valence-corrected chi connectivity index (χ4v) is 3.32. The molecule has 2 rings (SSSR count). The lowest BCUT2D eigenvalue weighted by Gasteiger charge is -2.26. The quantitative estimate of drug-likeness (QED) is 0.761. The largest absolute Gasteiger partial charge is 0.362 e. The fraction of sp³-hybridized carbons (Fsp3) is 0.909. The Hall–Kier alpha value is -0.180. The molecule has 0 amide bonds. The molecule has 0 aromatic heterocycles. The Morgan fingerprint density at radius 1 is 1.43 bits per heavy atom. The predicted molar refractivity (Wildman–Crippen MR) is 63.9 cm³/mol. The molecule has 2 fully saturated rings. The number of nitrogens with zero attached hydrogens (tertiary/aromatic N) is 1. The Bertz CT molecular complexity index is 227. The maximum atomic E-state index is 4.77. The van der Waals surface area contributed by atoms with E-state index in [0.29, 0.717) is 12.1 Å². The number of aliphatic imine (C=N–C) groups is 1. The number of rotatable bonds is 2. The van der Waals surface area contributed by atoms with Crippen molar-refractivity contribution in [2.45, 2.75) is 57.4 Å². The molecule has 80 valence electrons. The van der Waals surface area contributed by atoms with Gasteiger partial charge in [0.1, 0.15) is 0 Å². The monoisotopic (exact) mass is 212 g/mol. The molecule has 4 unspecified atom stereocenters. The standard InChI is InChI=1S/C11H20N2S/c1-4-9-6-10(9)13-11-12-7(2)5-8(3)14-11/h7-10H,4-6H2,1-3H3,(H,12,13). The van der Waals surface area contributed by atoms with Crippen LogP contribution in [0, 0.1) is 5.92 Å². The molecule has 4 atom stereocenters. The molecule has 1 aliphatic carbocycles. The molecule has 1 saturated carbocycles. The van der Waals surface area contributed by atoms with Crippen molar-refractivity contribution < 1.29 is 0 Å². The summed E-state index contributed by atoms with van der Waals surface area (Å²) in [5, 5.41) is 5.39. The molecule has 1 heterocycles. The van der Waals surface area contributed by atoms with Crippen LogP contribution in [0.3, 0.4) is 0 Å². The van der Waals surface area contributed by atoms with Crippen molar-refractivity contribution in [3.63, 3.8) is 0 Å². The first-order valence-corrected chi connectivity index (χ1v) is 6.58. The van der Waals surface area contributed by atoms with Gasteiger partial charge in [0.15, 0.2) is 5.17 Å². The molecular formula is C11H20N2S. The lowest BCUT2D eigenvalue weighted by Crippen LogP contribution is -2.38. The second-order valence-corrected chi connectivity index (χ2v) is 6.04. The minimum atomic E-state index is 0.601. The summed E-state index contributed by atoms with van der Waals surface area (Å²) < 4.78 is 0. The van der Waals surface area contributed by atoms with Crippen LogP contribution in [0.15, 0.2) is 4.99 Å². The van der Waals surface area contributed by atoms with Crippen LogP contribution in [0.4, 0.5) is 0 Å². The molecule has 1 N–H and O–H groups in total. The lowest BCUT2D eigenvalue weighted by molar-refractivity contribution is 0.596. The number of hydrogen-bond acceptors (Lipinski definition) is 2. The molecule has 14 heavy (non-hydrogen) atoms. The summed E-state index contributed by atoms with van der Waals surface area (Å²) in [4.78, 5) is 4.77. The van der Waals surface area contributed by atoms with Gasteiger partial charge in [0.2, 0.25) is 0 Å². The molecule has 0 aromatic carbocycles. The fourth-order valence-electron chi connectivity index (χ4n) is 2.09. The Morgan fingerprint density at radius 2 is 2.21 bits per heavy atom. The van der Waals surface area contributed by atoms with Gasteiger partial charge < -0.3 is 5.32 Å². The van der Waals surface area contributed by atoms with Crippen LogP contribution in [0.2, 0.25) is 0 Å². The highest BCUT2D eigenvalue weighted by Crippen LogP contribution is 2.37. The molecule has 1 saturated heterocycles. The van der Waals surface area contributed by atoms with Gasteiger partial charge in [-0.05, 0) is 25.7 Å². The molecule has 2 nitrogen and oxygen atoms in total. The number of hydrogen-bond donors (Lipinski definition) is 1. The van der Waals surface area contributed by atoms with E-state index in [9.17, 15) is 0 Å². The summed E-state index contributed by atoms with van der Waals surface area (Å²) in [6.07, 6.45) is 3.85. The molecule has 1 aliphatic heterocycles. The summed E-state index contributed by atoms with van der Waals surface area (Å²) in [5.74, 6) is 0.873. The minimum Gasteiger partial charge on any atom is -0.362 e. The van der Waals surface area contributed by atoms with Gasteiger partial charge >= 0.3 is 0 Å². The zero-order chi connectivity index (χ0) is 10.1. The molecule has 2 aliphatic rings. The first-order chi connectivity index (χ1) is 6.69. The van der Waals surface area contributed by atoms with Crippen molar-refractivity contribution in [2.75, 3.05) is 0 Å². The summed E-state index contributed by atoms with van der Waals surface area (Å²) >= 11 is 1.91. The highest BCUT2D eigenvalue weighted by molar-refractivity contribution is 8.14. The summed E-state index contributed by atoms with van der Waals surface area (Å²) in [6.45, 7) is 6.80. The first-order valence-electron chi connectivity index (χ1n) is 5.70. The Morgan fingerprint density at radius 3 is 2.79 bits per heavy atom. The normalized spacial score (nSPS) is 44.9. The van der Waals surface area contributed by atoms with Gasteiger partial charge in [-0.1, -0.05) is 32.0 Å². The second-order valence-electron chi connectivity index (χ2n) is 4.62. The van der Waals surface area contributed by atoms with Crippen LogP contribution >= 0.6 is 11.8 Å². The van der Waals surface area contributed by atoms with Gasteiger partial charge in [0.05, 0.1) is 6.04 Å². The highest BCUT2D eigenvalue weighted by Gasteiger charge is 2.36. The smallest absolute Gasteiger partial charge is 0.157 e. The van der Waals surface area contributed by atoms with Gasteiger partial charge in [-0.25, -0.2) is 0 Å². The number of amidine groups is 1. The lowest BCUT2D eigenvalue weighted by atomic mass is 10.2. The average Bonchev–Trinajstić information content (AvgIpc) is 2.81. The third-order valence-corrected chi connectivity index (χ3v) is 4.10. The van der Waals surface area contributed by atoms with E-state index in [1.807, 2.05) is 11.8 Å². The van der Waals surface area contributed by atoms with E-state index >= 15 is 0 Å². The van der Waals surface area contributed by atoms with E-state index in [1.165, 1.54) is 24.4 Å². The zero-order valence-corrected chi connectivity index (χ0v) is 10.1. The molecule has 0 radical (unpaired) electrons. The van der Waals surface area contributed by atoms with E-state index in [2.05, 4.69) is 26.1 Å². The van der Waals surface area contributed by atoms with E-state index in [0.717, 1.165) is 11.2 Å². The Kier molecular flexibility index (Phi) is 3.05. The average molecular weight is 212 g/mol. The van der Waals surface area contributed by atoms with Crippen LogP contribution in [0.5, 0.6) is 0 Å². The topological polar surface area (TPSA) is 24.4 Å². The molecule has 0 bridgehead atoms.